The summed E-state index contributed by atoms with van der Waals surface area (Å²) in [5.41, 5.74) is 3.42. The molecule has 1 amide bonds. The van der Waals surface area contributed by atoms with Crippen LogP contribution in [0.25, 0.3) is 0 Å². The molecule has 5 heteroatoms. The molecule has 0 aliphatic heterocycles. The second-order valence-corrected chi connectivity index (χ2v) is 5.70. The van der Waals surface area contributed by atoms with Gasteiger partial charge in [-0.1, -0.05) is 0 Å². The van der Waals surface area contributed by atoms with Gasteiger partial charge in [-0.3, -0.25) is 9.48 Å². The number of carbonyl (C=O) groups is 1. The highest BCUT2D eigenvalue weighted by Crippen LogP contribution is 2.49. The van der Waals surface area contributed by atoms with Crippen molar-refractivity contribution in [3.05, 3.63) is 17.0 Å². The van der Waals surface area contributed by atoms with E-state index < -0.39 is 0 Å². The quantitative estimate of drug-likeness (QED) is 0.799. The van der Waals surface area contributed by atoms with Gasteiger partial charge in [-0.15, -0.1) is 0 Å². The maximum atomic E-state index is 11.9. The van der Waals surface area contributed by atoms with E-state index in [0.717, 1.165) is 35.5 Å². The van der Waals surface area contributed by atoms with Gasteiger partial charge < -0.3 is 5.32 Å². The molecule has 0 spiro atoms. The van der Waals surface area contributed by atoms with Crippen LogP contribution < -0.4 is 5.32 Å². The Morgan fingerprint density at radius 3 is 2.61 bits per heavy atom. The van der Waals surface area contributed by atoms with Gasteiger partial charge in [-0.05, 0) is 37.9 Å². The number of aromatic nitrogens is 2. The number of aryl methyl sites for hydroxylation is 2. The van der Waals surface area contributed by atoms with Crippen molar-refractivity contribution in [1.82, 2.24) is 15.1 Å². The Morgan fingerprint density at radius 2 is 2.17 bits per heavy atom. The van der Waals surface area contributed by atoms with Crippen molar-refractivity contribution in [2.45, 2.75) is 39.7 Å². The number of hydrogen-bond donors (Lipinski definition) is 2. The lowest BCUT2D eigenvalue weighted by atomic mass is 10.1. The van der Waals surface area contributed by atoms with Crippen molar-refractivity contribution < 1.29 is 4.79 Å². The Balaban J connectivity index is 1.89. The summed E-state index contributed by atoms with van der Waals surface area (Å²) in [6, 6.07) is 0. The highest BCUT2D eigenvalue weighted by Gasteiger charge is 2.42. The Hall–Kier alpha value is -0.970. The minimum Gasteiger partial charge on any atom is -0.352 e. The van der Waals surface area contributed by atoms with Crippen LogP contribution in [0.5, 0.6) is 0 Å². The van der Waals surface area contributed by atoms with Crippen molar-refractivity contribution in [1.29, 1.82) is 0 Å². The third-order valence-corrected chi connectivity index (χ3v) is 4.62. The fourth-order valence-corrected chi connectivity index (χ4v) is 2.66. The average Bonchev–Trinajstić information content (AvgIpc) is 3.04. The van der Waals surface area contributed by atoms with Crippen LogP contribution >= 0.6 is 12.6 Å². The zero-order chi connectivity index (χ0) is 13.3. The fourth-order valence-electron chi connectivity index (χ4n) is 2.23. The minimum absolute atomic E-state index is 0.129. The number of rotatable bonds is 5. The number of nitrogens with zero attached hydrogens (tertiary/aromatic N) is 2. The maximum absolute atomic E-state index is 11.9. The zero-order valence-electron chi connectivity index (χ0n) is 11.3. The minimum atomic E-state index is 0.129. The second kappa shape index (κ2) is 4.96. The molecule has 1 fully saturated rings. The first-order chi connectivity index (χ1) is 8.47. The first kappa shape index (κ1) is 13.5. The lowest BCUT2D eigenvalue weighted by molar-refractivity contribution is -0.122. The van der Waals surface area contributed by atoms with E-state index in [-0.39, 0.29) is 11.3 Å². The molecule has 1 aliphatic rings. The summed E-state index contributed by atoms with van der Waals surface area (Å²) in [6.07, 6.45) is 2.87. The predicted molar refractivity (Wildman–Crippen MR) is 74.7 cm³/mol. The van der Waals surface area contributed by atoms with Crippen LogP contribution in [0.15, 0.2) is 0 Å². The number of carbonyl (C=O) groups excluding carboxylic acids is 1. The van der Waals surface area contributed by atoms with Crippen molar-refractivity contribution >= 4 is 18.5 Å². The summed E-state index contributed by atoms with van der Waals surface area (Å²) in [7, 11) is 1.92. The third-order valence-electron chi connectivity index (χ3n) is 3.95. The van der Waals surface area contributed by atoms with Gasteiger partial charge >= 0.3 is 0 Å². The number of hydrogen-bond acceptors (Lipinski definition) is 3. The molecule has 0 radical (unpaired) electrons. The molecule has 0 atom stereocenters. The molecule has 4 nitrogen and oxygen atoms in total. The monoisotopic (exact) mass is 267 g/mol. The summed E-state index contributed by atoms with van der Waals surface area (Å²) >= 11 is 4.32. The van der Waals surface area contributed by atoms with E-state index in [4.69, 9.17) is 0 Å². The van der Waals surface area contributed by atoms with E-state index in [1.807, 2.05) is 25.6 Å². The normalized spacial score (nSPS) is 16.7. The molecule has 0 bridgehead atoms. The molecule has 1 heterocycles. The Labute approximate surface area is 114 Å². The van der Waals surface area contributed by atoms with Gasteiger partial charge in [0.05, 0.1) is 5.69 Å². The van der Waals surface area contributed by atoms with Crippen LogP contribution in [0.4, 0.5) is 0 Å². The van der Waals surface area contributed by atoms with Crippen molar-refractivity contribution in [2.75, 3.05) is 5.75 Å². The van der Waals surface area contributed by atoms with Gasteiger partial charge in [0.1, 0.15) is 0 Å². The summed E-state index contributed by atoms with van der Waals surface area (Å²) in [6.45, 7) is 4.58. The molecule has 1 N–H and O–H groups in total. The average molecular weight is 267 g/mol. The van der Waals surface area contributed by atoms with Gasteiger partial charge in [-0.25, -0.2) is 0 Å². The van der Waals surface area contributed by atoms with Gasteiger partial charge in [0.2, 0.25) is 5.91 Å². The molecule has 100 valence electrons. The first-order valence-electron chi connectivity index (χ1n) is 6.34. The van der Waals surface area contributed by atoms with Crippen LogP contribution in [0.1, 0.15) is 36.2 Å². The largest absolute Gasteiger partial charge is 0.352 e. The van der Waals surface area contributed by atoms with Gasteiger partial charge in [0.15, 0.2) is 0 Å². The maximum Gasteiger partial charge on any atom is 0.220 e. The molecular formula is C13H21N3OS. The van der Waals surface area contributed by atoms with Crippen molar-refractivity contribution in [2.24, 2.45) is 12.5 Å². The second-order valence-electron chi connectivity index (χ2n) is 5.38. The molecule has 1 aromatic heterocycles. The number of nitrogens with one attached hydrogen (secondary N) is 1. The molecule has 2 rings (SSSR count). The molecule has 18 heavy (non-hydrogen) atoms. The van der Waals surface area contributed by atoms with Gasteiger partial charge in [-0.2, -0.15) is 17.7 Å². The molecule has 1 aliphatic carbocycles. The zero-order valence-corrected chi connectivity index (χ0v) is 12.2. The van der Waals surface area contributed by atoms with Gasteiger partial charge in [0, 0.05) is 31.3 Å². The number of amides is 1. The Bertz CT molecular complexity index is 463. The van der Waals surface area contributed by atoms with Crippen LogP contribution in [-0.2, 0) is 18.4 Å². The highest BCUT2D eigenvalue weighted by molar-refractivity contribution is 7.80. The summed E-state index contributed by atoms with van der Waals surface area (Å²) in [5.74, 6) is 0.940. The van der Waals surface area contributed by atoms with E-state index in [1.54, 1.807) is 0 Å². The van der Waals surface area contributed by atoms with Crippen molar-refractivity contribution in [3.63, 3.8) is 0 Å². The SMILES string of the molecule is Cc1nn(C)c(C)c1CNC(=O)CC1(CS)CC1. The predicted octanol–water partition coefficient (Wildman–Crippen LogP) is 1.75. The topological polar surface area (TPSA) is 46.9 Å². The fraction of sp³-hybridized carbons (Fsp3) is 0.692. The van der Waals surface area contributed by atoms with E-state index in [9.17, 15) is 4.79 Å². The van der Waals surface area contributed by atoms with Gasteiger partial charge in [0.25, 0.3) is 0 Å². The highest BCUT2D eigenvalue weighted by atomic mass is 32.1. The molecule has 1 aromatic rings. The first-order valence-corrected chi connectivity index (χ1v) is 6.97. The molecule has 0 saturated heterocycles. The summed E-state index contributed by atoms with van der Waals surface area (Å²) in [5, 5.41) is 7.34. The van der Waals surface area contributed by atoms with E-state index in [1.165, 1.54) is 0 Å². The summed E-state index contributed by atoms with van der Waals surface area (Å²) in [4.78, 5) is 11.9. The van der Waals surface area contributed by atoms with Crippen molar-refractivity contribution in [3.8, 4) is 0 Å². The van der Waals surface area contributed by atoms with E-state index in [0.29, 0.717) is 13.0 Å². The van der Waals surface area contributed by atoms with E-state index in [2.05, 4.69) is 23.0 Å². The number of thiol groups is 1. The molecule has 1 saturated carbocycles. The molecule has 0 aromatic carbocycles. The van der Waals surface area contributed by atoms with Crippen LogP contribution in [-0.4, -0.2) is 21.4 Å². The van der Waals surface area contributed by atoms with Crippen LogP contribution in [0.2, 0.25) is 0 Å². The summed E-state index contributed by atoms with van der Waals surface area (Å²) < 4.78 is 1.85. The molecule has 0 unspecified atom stereocenters. The lowest BCUT2D eigenvalue weighted by Crippen LogP contribution is -2.26. The van der Waals surface area contributed by atoms with Crippen LogP contribution in [0, 0.1) is 19.3 Å². The molecular weight excluding hydrogens is 246 g/mol. The standard InChI is InChI=1S/C13H21N3OS/c1-9-11(10(2)16(3)15-9)7-14-12(17)6-13(8-18)4-5-13/h18H,4-8H2,1-3H3,(H,14,17). The Morgan fingerprint density at radius 1 is 1.50 bits per heavy atom. The van der Waals surface area contributed by atoms with Crippen LogP contribution in [0.3, 0.4) is 0 Å². The Kier molecular flexibility index (Phi) is 3.71. The third kappa shape index (κ3) is 2.71. The smallest absolute Gasteiger partial charge is 0.220 e. The van der Waals surface area contributed by atoms with E-state index >= 15 is 0 Å². The lowest BCUT2D eigenvalue weighted by Gasteiger charge is -2.11.